The Kier molecular flexibility index (Phi) is 4.85. The van der Waals surface area contributed by atoms with Crippen molar-refractivity contribution in [2.24, 2.45) is 0 Å². The fourth-order valence-corrected chi connectivity index (χ4v) is 2.00. The highest BCUT2D eigenvalue weighted by Crippen LogP contribution is 2.26. The minimum absolute atomic E-state index is 0.0319. The Hall–Kier alpha value is -2.30. The molecule has 0 saturated carbocycles. The summed E-state index contributed by atoms with van der Waals surface area (Å²) in [4.78, 5) is 17.9. The third-order valence-electron chi connectivity index (χ3n) is 3.35. The number of hydrogen-bond donors (Lipinski definition) is 0. The first kappa shape index (κ1) is 16.1. The van der Waals surface area contributed by atoms with Crippen LogP contribution in [0, 0.1) is 0 Å². The van der Waals surface area contributed by atoms with Crippen LogP contribution in [0.1, 0.15) is 48.7 Å². The molecule has 2 aromatic rings. The molecule has 1 aromatic carbocycles. The Morgan fingerprint density at radius 1 is 1.36 bits per heavy atom. The number of ketones is 1. The van der Waals surface area contributed by atoms with Crippen molar-refractivity contribution in [3.05, 3.63) is 41.6 Å². The van der Waals surface area contributed by atoms with Crippen molar-refractivity contribution in [1.82, 2.24) is 4.98 Å². The van der Waals surface area contributed by atoms with Gasteiger partial charge in [-0.25, -0.2) is 4.98 Å². The van der Waals surface area contributed by atoms with Crippen LogP contribution >= 0.6 is 0 Å². The van der Waals surface area contributed by atoms with Gasteiger partial charge in [0.05, 0.1) is 11.8 Å². The lowest BCUT2D eigenvalue weighted by molar-refractivity contribution is 0.101. The Bertz CT molecular complexity index is 660. The average molecular weight is 302 g/mol. The molecule has 0 aliphatic heterocycles. The number of rotatable bonds is 6. The first-order chi connectivity index (χ1) is 10.4. The van der Waals surface area contributed by atoms with Gasteiger partial charge >= 0.3 is 0 Å². The second-order valence-electron chi connectivity index (χ2n) is 5.73. The van der Waals surface area contributed by atoms with Crippen LogP contribution in [0.15, 0.2) is 28.8 Å². The summed E-state index contributed by atoms with van der Waals surface area (Å²) in [7, 11) is 3.88. The van der Waals surface area contributed by atoms with E-state index in [1.54, 1.807) is 12.3 Å². The van der Waals surface area contributed by atoms with Crippen LogP contribution in [0.4, 0.5) is 5.69 Å². The highest BCUT2D eigenvalue weighted by Gasteiger charge is 2.13. The third-order valence-corrected chi connectivity index (χ3v) is 3.35. The Labute approximate surface area is 130 Å². The fraction of sp³-hybridized carbons (Fsp3) is 0.412. The number of benzene rings is 1. The molecule has 0 radical (unpaired) electrons. The predicted octanol–water partition coefficient (Wildman–Crippen LogP) is 3.65. The van der Waals surface area contributed by atoms with E-state index in [4.69, 9.17) is 9.15 Å². The highest BCUT2D eigenvalue weighted by molar-refractivity contribution is 5.97. The molecular formula is C17H22N2O3. The van der Waals surface area contributed by atoms with Crippen LogP contribution in [0.2, 0.25) is 0 Å². The summed E-state index contributed by atoms with van der Waals surface area (Å²) >= 11 is 0. The molecule has 0 N–H and O–H groups in total. The monoisotopic (exact) mass is 302 g/mol. The fourth-order valence-electron chi connectivity index (χ4n) is 2.00. The Morgan fingerprint density at radius 2 is 2.09 bits per heavy atom. The Balaban J connectivity index is 2.19. The maximum atomic E-state index is 11.7. The molecule has 0 atom stereocenters. The van der Waals surface area contributed by atoms with E-state index in [0.717, 1.165) is 11.4 Å². The zero-order valence-electron chi connectivity index (χ0n) is 13.7. The summed E-state index contributed by atoms with van der Waals surface area (Å²) < 4.78 is 11.4. The van der Waals surface area contributed by atoms with Crippen molar-refractivity contribution in [2.45, 2.75) is 33.3 Å². The number of Topliss-reactive ketones (excluding diaryl/α,β-unsaturated/α-hetero) is 1. The maximum Gasteiger partial charge on any atom is 0.232 e. The molecule has 1 heterocycles. The van der Waals surface area contributed by atoms with Crippen LogP contribution in [-0.2, 0) is 6.61 Å². The molecule has 0 amide bonds. The lowest BCUT2D eigenvalue weighted by Gasteiger charge is -2.16. The van der Waals surface area contributed by atoms with Gasteiger partial charge in [0.2, 0.25) is 5.89 Å². The zero-order chi connectivity index (χ0) is 16.3. The molecule has 0 unspecified atom stereocenters. The van der Waals surface area contributed by atoms with E-state index in [1.807, 2.05) is 45.0 Å². The van der Waals surface area contributed by atoms with E-state index in [2.05, 4.69) is 4.98 Å². The lowest BCUT2D eigenvalue weighted by Crippen LogP contribution is -2.10. The van der Waals surface area contributed by atoms with Crippen LogP contribution < -0.4 is 9.64 Å². The molecule has 2 rings (SSSR count). The van der Waals surface area contributed by atoms with Crippen LogP contribution in [-0.4, -0.2) is 24.9 Å². The molecule has 5 nitrogen and oxygen atoms in total. The molecule has 22 heavy (non-hydrogen) atoms. The van der Waals surface area contributed by atoms with Gasteiger partial charge in [-0.15, -0.1) is 0 Å². The van der Waals surface area contributed by atoms with Gasteiger partial charge in [-0.05, 0) is 19.1 Å². The third kappa shape index (κ3) is 3.67. The lowest BCUT2D eigenvalue weighted by atomic mass is 10.1. The van der Waals surface area contributed by atoms with Crippen molar-refractivity contribution in [1.29, 1.82) is 0 Å². The largest absolute Gasteiger partial charge is 0.483 e. The molecule has 0 bridgehead atoms. The molecule has 5 heteroatoms. The number of ether oxygens (including phenoxy) is 1. The number of carbonyl (C=O) groups is 1. The van der Waals surface area contributed by atoms with Crippen molar-refractivity contribution < 1.29 is 13.9 Å². The predicted molar refractivity (Wildman–Crippen MR) is 85.7 cm³/mol. The second kappa shape index (κ2) is 6.64. The maximum absolute atomic E-state index is 11.7. The Morgan fingerprint density at radius 3 is 2.64 bits per heavy atom. The number of oxazole rings is 1. The van der Waals surface area contributed by atoms with Gasteiger partial charge in [0.25, 0.3) is 0 Å². The summed E-state index contributed by atoms with van der Waals surface area (Å²) in [6, 6.07) is 5.52. The first-order valence-corrected chi connectivity index (χ1v) is 7.28. The number of nitrogens with zero attached hydrogens (tertiary/aromatic N) is 2. The smallest absolute Gasteiger partial charge is 0.232 e. The van der Waals surface area contributed by atoms with Gasteiger partial charge < -0.3 is 14.1 Å². The van der Waals surface area contributed by atoms with Crippen molar-refractivity contribution >= 4 is 11.5 Å². The van der Waals surface area contributed by atoms with E-state index in [9.17, 15) is 4.79 Å². The molecule has 0 spiro atoms. The standard InChI is InChI=1S/C17H22N2O3/c1-11(2)16-9-18-17(22-16)10-21-15-8-13(19(4)5)6-7-14(15)12(3)20/h6-9,11H,10H2,1-5H3. The molecule has 0 saturated heterocycles. The number of carbonyl (C=O) groups excluding carboxylic acids is 1. The second-order valence-corrected chi connectivity index (χ2v) is 5.73. The average Bonchev–Trinajstić information content (AvgIpc) is 2.93. The number of anilines is 1. The summed E-state index contributed by atoms with van der Waals surface area (Å²) in [6.07, 6.45) is 1.71. The highest BCUT2D eigenvalue weighted by atomic mass is 16.5. The van der Waals surface area contributed by atoms with Crippen molar-refractivity contribution in [2.75, 3.05) is 19.0 Å². The topological polar surface area (TPSA) is 55.6 Å². The summed E-state index contributed by atoms with van der Waals surface area (Å²) in [5.41, 5.74) is 1.52. The molecule has 1 aromatic heterocycles. The van der Waals surface area contributed by atoms with Gasteiger partial charge in [0.1, 0.15) is 11.5 Å². The zero-order valence-corrected chi connectivity index (χ0v) is 13.7. The summed E-state index contributed by atoms with van der Waals surface area (Å²) in [5.74, 6) is 2.13. The minimum Gasteiger partial charge on any atom is -0.483 e. The van der Waals surface area contributed by atoms with Crippen molar-refractivity contribution in [3.8, 4) is 5.75 Å². The van der Waals surface area contributed by atoms with E-state index in [0.29, 0.717) is 17.2 Å². The molecule has 118 valence electrons. The van der Waals surface area contributed by atoms with Gasteiger partial charge in [0.15, 0.2) is 12.4 Å². The van der Waals surface area contributed by atoms with Gasteiger partial charge in [0, 0.05) is 31.8 Å². The van der Waals surface area contributed by atoms with E-state index < -0.39 is 0 Å². The molecule has 0 aliphatic carbocycles. The molecule has 0 aliphatic rings. The van der Waals surface area contributed by atoms with Crippen molar-refractivity contribution in [3.63, 3.8) is 0 Å². The molecular weight excluding hydrogens is 280 g/mol. The minimum atomic E-state index is -0.0319. The normalized spacial score (nSPS) is 10.8. The van der Waals surface area contributed by atoms with Gasteiger partial charge in [-0.3, -0.25) is 4.79 Å². The summed E-state index contributed by atoms with van der Waals surface area (Å²) in [5, 5.41) is 0. The van der Waals surface area contributed by atoms with E-state index >= 15 is 0 Å². The van der Waals surface area contributed by atoms with Crippen LogP contribution in [0.5, 0.6) is 5.75 Å². The van der Waals surface area contributed by atoms with Crippen LogP contribution in [0.25, 0.3) is 0 Å². The SMILES string of the molecule is CC(=O)c1ccc(N(C)C)cc1OCc1ncc(C(C)C)o1. The quantitative estimate of drug-likeness (QED) is 0.762. The van der Waals surface area contributed by atoms with Crippen LogP contribution in [0.3, 0.4) is 0 Å². The van der Waals surface area contributed by atoms with E-state index in [-0.39, 0.29) is 18.3 Å². The molecule has 0 fully saturated rings. The summed E-state index contributed by atoms with van der Waals surface area (Å²) in [6.45, 7) is 5.81. The van der Waals surface area contributed by atoms with Gasteiger partial charge in [-0.2, -0.15) is 0 Å². The van der Waals surface area contributed by atoms with Gasteiger partial charge in [-0.1, -0.05) is 13.8 Å². The first-order valence-electron chi connectivity index (χ1n) is 7.28. The number of hydrogen-bond acceptors (Lipinski definition) is 5. The number of aromatic nitrogens is 1. The van der Waals surface area contributed by atoms with E-state index in [1.165, 1.54) is 6.92 Å².